The van der Waals surface area contributed by atoms with Crippen LogP contribution in [0.3, 0.4) is 0 Å². The smallest absolute Gasteiger partial charge is 0.328 e. The predicted octanol–water partition coefficient (Wildman–Crippen LogP) is -1.77. The predicted molar refractivity (Wildman–Crippen MR) is 122 cm³/mol. The van der Waals surface area contributed by atoms with Crippen LogP contribution in [-0.4, -0.2) is 92.6 Å². The molecule has 0 unspecified atom stereocenters. The highest BCUT2D eigenvalue weighted by Crippen LogP contribution is 2.08. The summed E-state index contributed by atoms with van der Waals surface area (Å²) in [7, 11) is 3.58. The molecule has 194 valence electrons. The number of thioether (sulfide) groups is 1. The van der Waals surface area contributed by atoms with Gasteiger partial charge in [-0.25, -0.2) is 9.59 Å². The summed E-state index contributed by atoms with van der Waals surface area (Å²) in [5.74, 6) is -3.19. The zero-order chi connectivity index (χ0) is 26.3. The fourth-order valence-corrected chi connectivity index (χ4v) is 3.38. The Bertz CT molecular complexity index is 733. The van der Waals surface area contributed by atoms with Crippen molar-refractivity contribution < 1.29 is 43.0 Å². The monoisotopic (exact) mass is 506 g/mol. The molecule has 0 aromatic rings. The van der Waals surface area contributed by atoms with Gasteiger partial charge in [-0.1, -0.05) is 0 Å². The fraction of sp³-hybridized carbons (Fsp3) is 0.700. The minimum Gasteiger partial charge on any atom is -0.469 e. The number of amides is 3. The van der Waals surface area contributed by atoms with Crippen molar-refractivity contribution in [3.8, 4) is 0 Å². The number of carbonyl (C=O) groups excluding carboxylic acids is 6. The summed E-state index contributed by atoms with van der Waals surface area (Å²) in [6.07, 6.45) is -0.205. The van der Waals surface area contributed by atoms with Crippen molar-refractivity contribution in [3.05, 3.63) is 0 Å². The van der Waals surface area contributed by atoms with Crippen LogP contribution in [0.5, 0.6) is 0 Å². The van der Waals surface area contributed by atoms with Crippen LogP contribution >= 0.6 is 11.8 Å². The number of methoxy groups -OCH3 is 3. The lowest BCUT2D eigenvalue weighted by Gasteiger charge is -2.21. The Morgan fingerprint density at radius 1 is 0.794 bits per heavy atom. The van der Waals surface area contributed by atoms with Gasteiger partial charge in [0.05, 0.1) is 33.8 Å². The Morgan fingerprint density at radius 2 is 1.41 bits per heavy atom. The molecule has 0 bridgehead atoms. The Kier molecular flexibility index (Phi) is 15.3. The van der Waals surface area contributed by atoms with Gasteiger partial charge in [0.15, 0.2) is 0 Å². The molecule has 0 aliphatic heterocycles. The van der Waals surface area contributed by atoms with Crippen LogP contribution in [0, 0.1) is 0 Å². The molecule has 5 N–H and O–H groups in total. The maximum atomic E-state index is 12.6. The van der Waals surface area contributed by atoms with Gasteiger partial charge < -0.3 is 35.9 Å². The van der Waals surface area contributed by atoms with Gasteiger partial charge in [0, 0.05) is 17.9 Å². The van der Waals surface area contributed by atoms with E-state index in [2.05, 4.69) is 30.2 Å². The van der Waals surface area contributed by atoms with Crippen molar-refractivity contribution in [2.75, 3.05) is 32.8 Å². The first-order chi connectivity index (χ1) is 16.0. The summed E-state index contributed by atoms with van der Waals surface area (Å²) >= 11 is 1.22. The summed E-state index contributed by atoms with van der Waals surface area (Å²) in [6.45, 7) is 2.86. The number of rotatable bonds is 15. The molecular formula is C20H34N4O9S. The molecule has 4 atom stereocenters. The maximum absolute atomic E-state index is 12.6. The van der Waals surface area contributed by atoms with E-state index >= 15 is 0 Å². The molecule has 0 aliphatic rings. The van der Waals surface area contributed by atoms with Gasteiger partial charge >= 0.3 is 17.9 Å². The Hall–Kier alpha value is -2.87. The molecule has 0 rings (SSSR count). The average Bonchev–Trinajstić information content (AvgIpc) is 2.81. The Morgan fingerprint density at radius 3 is 1.94 bits per heavy atom. The molecule has 0 spiro atoms. The van der Waals surface area contributed by atoms with Crippen LogP contribution in [-0.2, 0) is 43.0 Å². The second-order valence-electron chi connectivity index (χ2n) is 7.19. The van der Waals surface area contributed by atoms with Crippen molar-refractivity contribution in [1.29, 1.82) is 0 Å². The third-order valence-corrected chi connectivity index (χ3v) is 5.47. The van der Waals surface area contributed by atoms with Crippen LogP contribution in [0.15, 0.2) is 0 Å². The van der Waals surface area contributed by atoms with Crippen LogP contribution in [0.1, 0.15) is 33.1 Å². The molecule has 0 saturated heterocycles. The van der Waals surface area contributed by atoms with Gasteiger partial charge in [0.25, 0.3) is 0 Å². The quantitative estimate of drug-likeness (QED) is 0.112. The van der Waals surface area contributed by atoms with Gasteiger partial charge in [0.2, 0.25) is 17.7 Å². The minimum absolute atomic E-state index is 0.0979. The van der Waals surface area contributed by atoms with Crippen molar-refractivity contribution in [2.45, 2.75) is 57.3 Å². The lowest BCUT2D eigenvalue weighted by Crippen LogP contribution is -2.52. The van der Waals surface area contributed by atoms with Gasteiger partial charge in [0.1, 0.15) is 18.1 Å². The van der Waals surface area contributed by atoms with Crippen molar-refractivity contribution in [1.82, 2.24) is 16.0 Å². The second kappa shape index (κ2) is 16.7. The third-order valence-electron chi connectivity index (χ3n) is 4.40. The van der Waals surface area contributed by atoms with E-state index < -0.39 is 59.8 Å². The average molecular weight is 507 g/mol. The molecule has 3 amide bonds. The largest absolute Gasteiger partial charge is 0.469 e. The summed E-state index contributed by atoms with van der Waals surface area (Å²) in [6, 6.07) is -3.96. The van der Waals surface area contributed by atoms with E-state index in [1.54, 1.807) is 0 Å². The van der Waals surface area contributed by atoms with Gasteiger partial charge in [-0.2, -0.15) is 11.8 Å². The van der Waals surface area contributed by atoms with E-state index in [0.717, 1.165) is 7.11 Å². The first kappa shape index (κ1) is 31.1. The number of nitrogens with two attached hydrogens (primary N) is 1. The Balaban J connectivity index is 5.12. The van der Waals surface area contributed by atoms with Gasteiger partial charge in [-0.05, 0) is 20.3 Å². The SMILES string of the molecule is COC(=O)CCSC[C@@H](NC(=O)CC[C@@H](NC(=O)[C@H](C)N)C(=O)OC)C(=O)N[C@H](C)C(=O)OC. The molecule has 13 nitrogen and oxygen atoms in total. The number of esters is 3. The molecule has 0 fully saturated rings. The van der Waals surface area contributed by atoms with Gasteiger partial charge in [-0.3, -0.25) is 19.2 Å². The number of ether oxygens (including phenoxy) is 3. The summed E-state index contributed by atoms with van der Waals surface area (Å²) in [4.78, 5) is 71.7. The van der Waals surface area contributed by atoms with E-state index in [4.69, 9.17) is 5.73 Å². The van der Waals surface area contributed by atoms with E-state index in [9.17, 15) is 28.8 Å². The summed E-state index contributed by atoms with van der Waals surface area (Å²) in [5.41, 5.74) is 5.49. The lowest BCUT2D eigenvalue weighted by atomic mass is 10.1. The van der Waals surface area contributed by atoms with E-state index in [0.29, 0.717) is 5.75 Å². The first-order valence-electron chi connectivity index (χ1n) is 10.4. The highest BCUT2D eigenvalue weighted by molar-refractivity contribution is 7.99. The number of carbonyl (C=O) groups is 6. The number of hydrogen-bond acceptors (Lipinski definition) is 11. The molecule has 0 saturated carbocycles. The molecular weight excluding hydrogens is 472 g/mol. The molecule has 0 aromatic heterocycles. The molecule has 0 aromatic carbocycles. The van der Waals surface area contributed by atoms with Crippen molar-refractivity contribution in [2.24, 2.45) is 5.73 Å². The van der Waals surface area contributed by atoms with E-state index in [-0.39, 0.29) is 25.0 Å². The van der Waals surface area contributed by atoms with Crippen LogP contribution in [0.25, 0.3) is 0 Å². The van der Waals surface area contributed by atoms with Crippen LogP contribution < -0.4 is 21.7 Å². The molecule has 0 heterocycles. The minimum atomic E-state index is -1.10. The first-order valence-corrected chi connectivity index (χ1v) is 11.6. The van der Waals surface area contributed by atoms with Crippen molar-refractivity contribution in [3.63, 3.8) is 0 Å². The fourth-order valence-electron chi connectivity index (χ4n) is 2.43. The summed E-state index contributed by atoms with van der Waals surface area (Å²) in [5, 5.41) is 7.39. The molecule has 34 heavy (non-hydrogen) atoms. The normalized spacial score (nSPS) is 13.9. The topological polar surface area (TPSA) is 192 Å². The third kappa shape index (κ3) is 12.4. The van der Waals surface area contributed by atoms with Gasteiger partial charge in [-0.15, -0.1) is 0 Å². The van der Waals surface area contributed by atoms with E-state index in [1.165, 1.54) is 39.8 Å². The highest BCUT2D eigenvalue weighted by atomic mass is 32.2. The molecule has 14 heteroatoms. The zero-order valence-electron chi connectivity index (χ0n) is 20.0. The Labute approximate surface area is 202 Å². The number of hydrogen-bond donors (Lipinski definition) is 4. The maximum Gasteiger partial charge on any atom is 0.328 e. The highest BCUT2D eigenvalue weighted by Gasteiger charge is 2.27. The molecule has 0 radical (unpaired) electrons. The molecule has 0 aliphatic carbocycles. The summed E-state index contributed by atoms with van der Waals surface area (Å²) < 4.78 is 13.8. The van der Waals surface area contributed by atoms with Crippen LogP contribution in [0.2, 0.25) is 0 Å². The standard InChI is InChI=1S/C20H34N4O9S/c1-11(21)17(27)24-13(20(30)33-5)6-7-15(25)23-14(10-34-9-8-16(26)31-3)18(28)22-12(2)19(29)32-4/h11-14H,6-10,21H2,1-5H3,(H,22,28)(H,23,25)(H,24,27)/t11-,12+,13+,14+/m0/s1. The van der Waals surface area contributed by atoms with Crippen molar-refractivity contribution >= 4 is 47.4 Å². The van der Waals surface area contributed by atoms with Crippen LogP contribution in [0.4, 0.5) is 0 Å². The number of nitrogens with one attached hydrogen (secondary N) is 3. The lowest BCUT2D eigenvalue weighted by molar-refractivity contribution is -0.145. The van der Waals surface area contributed by atoms with E-state index in [1.807, 2.05) is 0 Å². The zero-order valence-corrected chi connectivity index (χ0v) is 20.8. The second-order valence-corrected chi connectivity index (χ2v) is 8.34.